The molecular weight excluding hydrogens is 204 g/mol. The normalized spacial score (nSPS) is 13.3. The Kier molecular flexibility index (Phi) is 5.02. The van der Waals surface area contributed by atoms with Crippen LogP contribution < -0.4 is 0 Å². The zero-order chi connectivity index (χ0) is 11.8. The fraction of sp³-hybridized carbons (Fsp3) is 0.154. The van der Waals surface area contributed by atoms with Crippen molar-refractivity contribution in [3.05, 3.63) is 60.2 Å². The highest BCUT2D eigenvalue weighted by Crippen LogP contribution is 2.15. The van der Waals surface area contributed by atoms with Gasteiger partial charge in [0.25, 0.3) is 0 Å². The van der Waals surface area contributed by atoms with Crippen LogP contribution in [0.3, 0.4) is 0 Å². The number of carboxylic acid groups (broad SMARTS) is 1. The number of aliphatic hydroxyl groups is 1. The molecule has 0 heterocycles. The summed E-state index contributed by atoms with van der Waals surface area (Å²) in [4.78, 5) is 10.1. The molecule has 0 radical (unpaired) electrons. The molecule has 2 N–H and O–H groups in total. The Bertz CT molecular complexity index is 379. The number of hydrogen-bond acceptors (Lipinski definition) is 2. The molecule has 0 aliphatic heterocycles. The van der Waals surface area contributed by atoms with Gasteiger partial charge in [0.2, 0.25) is 0 Å². The highest BCUT2D eigenvalue weighted by atomic mass is 16.4. The first kappa shape index (κ1) is 12.2. The lowest BCUT2D eigenvalue weighted by molar-refractivity contribution is -0.131. The van der Waals surface area contributed by atoms with Crippen LogP contribution in [0.15, 0.2) is 54.6 Å². The van der Waals surface area contributed by atoms with Gasteiger partial charge in [0.15, 0.2) is 0 Å². The van der Waals surface area contributed by atoms with E-state index in [0.717, 1.165) is 11.6 Å². The van der Waals surface area contributed by atoms with Gasteiger partial charge < -0.3 is 10.2 Å². The zero-order valence-corrected chi connectivity index (χ0v) is 8.78. The summed E-state index contributed by atoms with van der Waals surface area (Å²) in [6.07, 6.45) is 5.74. The molecule has 1 rings (SSSR count). The molecule has 0 saturated carbocycles. The Hall–Kier alpha value is -1.87. The van der Waals surface area contributed by atoms with Gasteiger partial charge in [0.1, 0.15) is 0 Å². The summed E-state index contributed by atoms with van der Waals surface area (Å²) < 4.78 is 0. The molecule has 16 heavy (non-hydrogen) atoms. The van der Waals surface area contributed by atoms with Crippen molar-refractivity contribution in [1.82, 2.24) is 0 Å². The van der Waals surface area contributed by atoms with E-state index in [1.54, 1.807) is 12.2 Å². The Morgan fingerprint density at radius 3 is 2.56 bits per heavy atom. The van der Waals surface area contributed by atoms with E-state index < -0.39 is 12.1 Å². The van der Waals surface area contributed by atoms with Crippen molar-refractivity contribution in [2.75, 3.05) is 0 Å². The Morgan fingerprint density at radius 2 is 1.94 bits per heavy atom. The molecule has 1 aromatic rings. The monoisotopic (exact) mass is 218 g/mol. The topological polar surface area (TPSA) is 57.5 Å². The van der Waals surface area contributed by atoms with Crippen molar-refractivity contribution in [1.29, 1.82) is 0 Å². The Morgan fingerprint density at radius 1 is 1.25 bits per heavy atom. The van der Waals surface area contributed by atoms with Crippen LogP contribution in [0.25, 0.3) is 0 Å². The number of carbonyl (C=O) groups is 1. The lowest BCUT2D eigenvalue weighted by Gasteiger charge is -2.06. The van der Waals surface area contributed by atoms with Gasteiger partial charge in [-0.3, -0.25) is 0 Å². The summed E-state index contributed by atoms with van der Waals surface area (Å²) in [5.41, 5.74) is 0.856. The molecule has 0 aromatic heterocycles. The molecule has 0 bridgehead atoms. The predicted molar refractivity (Wildman–Crippen MR) is 61.9 cm³/mol. The van der Waals surface area contributed by atoms with Gasteiger partial charge in [-0.25, -0.2) is 4.79 Å². The highest BCUT2D eigenvalue weighted by Gasteiger charge is 2.02. The van der Waals surface area contributed by atoms with E-state index in [9.17, 15) is 9.90 Å². The van der Waals surface area contributed by atoms with E-state index >= 15 is 0 Å². The third-order valence-corrected chi connectivity index (χ3v) is 2.03. The SMILES string of the molecule is O=C(O)/C=C/C=C/CC(O)c1ccccc1. The first-order valence-electron chi connectivity index (χ1n) is 4.99. The Balaban J connectivity index is 2.41. The molecule has 0 saturated heterocycles. The summed E-state index contributed by atoms with van der Waals surface area (Å²) in [5.74, 6) is -0.978. The molecule has 0 aliphatic rings. The van der Waals surface area contributed by atoms with Gasteiger partial charge in [-0.2, -0.15) is 0 Å². The third-order valence-electron chi connectivity index (χ3n) is 2.03. The standard InChI is InChI=1S/C13H14O3/c14-12(11-7-3-1-4-8-11)9-5-2-6-10-13(15)16/h1-8,10,12,14H,9H2,(H,15,16)/b5-2+,10-6+. The largest absolute Gasteiger partial charge is 0.478 e. The van der Waals surface area contributed by atoms with Gasteiger partial charge in [-0.15, -0.1) is 0 Å². The first-order valence-corrected chi connectivity index (χ1v) is 4.99. The summed E-state index contributed by atoms with van der Waals surface area (Å²) in [5, 5.41) is 18.1. The number of aliphatic carboxylic acids is 1. The molecule has 0 spiro atoms. The summed E-state index contributed by atoms with van der Waals surface area (Å²) in [6, 6.07) is 9.33. The van der Waals surface area contributed by atoms with Gasteiger partial charge in [0, 0.05) is 6.08 Å². The van der Waals surface area contributed by atoms with E-state index in [-0.39, 0.29) is 0 Å². The average Bonchev–Trinajstić information content (AvgIpc) is 2.29. The number of carboxylic acids is 1. The second-order valence-electron chi connectivity index (χ2n) is 3.29. The van der Waals surface area contributed by atoms with Gasteiger partial charge in [0.05, 0.1) is 6.10 Å². The molecule has 84 valence electrons. The molecular formula is C13H14O3. The molecule has 1 atom stereocenters. The molecule has 1 unspecified atom stereocenters. The van der Waals surface area contributed by atoms with Gasteiger partial charge >= 0.3 is 5.97 Å². The second kappa shape index (κ2) is 6.58. The van der Waals surface area contributed by atoms with E-state index in [1.807, 2.05) is 30.3 Å². The molecule has 0 fully saturated rings. The van der Waals surface area contributed by atoms with Crippen LogP contribution in [0.2, 0.25) is 0 Å². The molecule has 3 heteroatoms. The first-order chi connectivity index (χ1) is 7.70. The average molecular weight is 218 g/mol. The third kappa shape index (κ3) is 4.57. The minimum Gasteiger partial charge on any atom is -0.478 e. The maximum absolute atomic E-state index is 10.1. The molecule has 0 amide bonds. The fourth-order valence-corrected chi connectivity index (χ4v) is 1.24. The smallest absolute Gasteiger partial charge is 0.328 e. The number of allylic oxidation sites excluding steroid dienone is 2. The lowest BCUT2D eigenvalue weighted by atomic mass is 10.1. The van der Waals surface area contributed by atoms with Crippen molar-refractivity contribution in [2.24, 2.45) is 0 Å². The van der Waals surface area contributed by atoms with E-state index in [0.29, 0.717) is 6.42 Å². The van der Waals surface area contributed by atoms with E-state index in [4.69, 9.17) is 5.11 Å². The van der Waals surface area contributed by atoms with Crippen molar-refractivity contribution in [3.8, 4) is 0 Å². The van der Waals surface area contributed by atoms with Gasteiger partial charge in [-0.05, 0) is 12.0 Å². The van der Waals surface area contributed by atoms with Crippen LogP contribution in [-0.2, 0) is 4.79 Å². The molecule has 0 aliphatic carbocycles. The maximum atomic E-state index is 10.1. The van der Waals surface area contributed by atoms with Crippen molar-refractivity contribution in [2.45, 2.75) is 12.5 Å². The molecule has 1 aromatic carbocycles. The lowest BCUT2D eigenvalue weighted by Crippen LogP contribution is -1.94. The van der Waals surface area contributed by atoms with E-state index in [2.05, 4.69) is 0 Å². The van der Waals surface area contributed by atoms with Crippen LogP contribution in [0.5, 0.6) is 0 Å². The van der Waals surface area contributed by atoms with Crippen molar-refractivity contribution in [3.63, 3.8) is 0 Å². The zero-order valence-electron chi connectivity index (χ0n) is 8.78. The molecule has 3 nitrogen and oxygen atoms in total. The summed E-state index contributed by atoms with van der Waals surface area (Å²) in [7, 11) is 0. The minimum atomic E-state index is -0.978. The van der Waals surface area contributed by atoms with Crippen molar-refractivity contribution < 1.29 is 15.0 Å². The number of aliphatic hydroxyl groups excluding tert-OH is 1. The van der Waals surface area contributed by atoms with Crippen LogP contribution in [0, 0.1) is 0 Å². The van der Waals surface area contributed by atoms with Crippen LogP contribution in [-0.4, -0.2) is 16.2 Å². The maximum Gasteiger partial charge on any atom is 0.328 e. The number of rotatable bonds is 5. The van der Waals surface area contributed by atoms with Crippen LogP contribution in [0.1, 0.15) is 18.1 Å². The van der Waals surface area contributed by atoms with Crippen molar-refractivity contribution >= 4 is 5.97 Å². The van der Waals surface area contributed by atoms with Crippen LogP contribution in [0.4, 0.5) is 0 Å². The Labute approximate surface area is 94.4 Å². The van der Waals surface area contributed by atoms with Crippen LogP contribution >= 0.6 is 0 Å². The summed E-state index contributed by atoms with van der Waals surface area (Å²) >= 11 is 0. The highest BCUT2D eigenvalue weighted by molar-refractivity contribution is 5.80. The fourth-order valence-electron chi connectivity index (χ4n) is 1.24. The quantitative estimate of drug-likeness (QED) is 0.589. The predicted octanol–water partition coefficient (Wildman–Crippen LogP) is 2.31. The second-order valence-corrected chi connectivity index (χ2v) is 3.29. The number of benzene rings is 1. The number of hydrogen-bond donors (Lipinski definition) is 2. The van der Waals surface area contributed by atoms with Gasteiger partial charge in [-0.1, -0.05) is 48.6 Å². The minimum absolute atomic E-state index is 0.466. The van der Waals surface area contributed by atoms with E-state index in [1.165, 1.54) is 6.08 Å². The summed E-state index contributed by atoms with van der Waals surface area (Å²) in [6.45, 7) is 0.